The van der Waals surface area contributed by atoms with Gasteiger partial charge in [0, 0.05) is 22.3 Å². The van der Waals surface area contributed by atoms with Gasteiger partial charge in [-0.1, -0.05) is 94.1 Å². The van der Waals surface area contributed by atoms with Gasteiger partial charge in [0.2, 0.25) is 0 Å². The van der Waals surface area contributed by atoms with Crippen LogP contribution in [0.3, 0.4) is 0 Å². The Morgan fingerprint density at radius 2 is 1.22 bits per heavy atom. The Kier molecular flexibility index (Phi) is 12.8. The molecule has 0 atom stereocenters. The van der Waals surface area contributed by atoms with Gasteiger partial charge in [-0.25, -0.2) is 4.79 Å². The Labute approximate surface area is 265 Å². The van der Waals surface area contributed by atoms with Crippen LogP contribution in [0.1, 0.15) is 65.1 Å². The molecule has 0 aliphatic carbocycles. The number of hydrogen-bond donors (Lipinski definition) is 1. The average Bonchev–Trinajstić information content (AvgIpc) is 3.04. The molecule has 0 saturated heterocycles. The van der Waals surface area contributed by atoms with Crippen LogP contribution in [0, 0.1) is 0 Å². The lowest BCUT2D eigenvalue weighted by atomic mass is 9.86. The van der Waals surface area contributed by atoms with Gasteiger partial charge in [0.05, 0.1) is 18.8 Å². The van der Waals surface area contributed by atoms with Crippen LogP contribution in [0.4, 0.5) is 0 Å². The zero-order valence-electron chi connectivity index (χ0n) is 26.2. The van der Waals surface area contributed by atoms with E-state index in [9.17, 15) is 19.5 Å². The fourth-order valence-corrected chi connectivity index (χ4v) is 4.03. The lowest BCUT2D eigenvalue weighted by molar-refractivity contribution is -0.140. The van der Waals surface area contributed by atoms with Crippen molar-refractivity contribution < 1.29 is 33.7 Å². The zero-order chi connectivity index (χ0) is 32.8. The van der Waals surface area contributed by atoms with Gasteiger partial charge in [-0.2, -0.15) is 0 Å². The minimum absolute atomic E-state index is 0.0242. The molecule has 4 aromatic rings. The van der Waals surface area contributed by atoms with Gasteiger partial charge in [0.1, 0.15) is 24.7 Å². The van der Waals surface area contributed by atoms with E-state index in [0.29, 0.717) is 30.1 Å². The number of aromatic hydroxyl groups is 1. The van der Waals surface area contributed by atoms with E-state index in [1.807, 2.05) is 87.5 Å². The molecule has 0 aliphatic heterocycles. The van der Waals surface area contributed by atoms with Crippen LogP contribution in [0.2, 0.25) is 0 Å². The fraction of sp³-hybridized carbons (Fsp3) is 0.237. The van der Waals surface area contributed by atoms with Crippen LogP contribution in [0.25, 0.3) is 0 Å². The van der Waals surface area contributed by atoms with Crippen molar-refractivity contribution in [3.63, 3.8) is 0 Å². The summed E-state index contributed by atoms with van der Waals surface area (Å²) in [6.45, 7) is 12.3. The van der Waals surface area contributed by atoms with Gasteiger partial charge in [0.15, 0.2) is 11.6 Å². The highest BCUT2D eigenvalue weighted by Gasteiger charge is 2.19. The molecule has 0 unspecified atom stereocenters. The number of rotatable bonds is 12. The normalized spacial score (nSPS) is 10.7. The lowest BCUT2D eigenvalue weighted by Crippen LogP contribution is -2.14. The summed E-state index contributed by atoms with van der Waals surface area (Å²) < 4.78 is 15.8. The number of ether oxygens (including phenoxy) is 3. The van der Waals surface area contributed by atoms with Gasteiger partial charge in [0.25, 0.3) is 0 Å². The van der Waals surface area contributed by atoms with E-state index >= 15 is 0 Å². The molecule has 7 heteroatoms. The first-order valence-corrected chi connectivity index (χ1v) is 14.6. The standard InChI is InChI=1S/C25H30O6.C13H10O/c1-17(2)24(28)31-15-13-29-12-14-30-20-9-6-18(7-10-20)23(27)21-11-8-19(16-22(21)26)25(3,4)5;14-13(11-7-3-1-4-8-11)12-9-5-2-6-10-12/h6-11,16,26H,1,12-15H2,2-5H3;1-10H. The smallest absolute Gasteiger partial charge is 0.333 e. The summed E-state index contributed by atoms with van der Waals surface area (Å²) in [5.74, 6) is -0.0405. The number of carbonyl (C=O) groups excluding carboxylic acids is 3. The van der Waals surface area contributed by atoms with Crippen molar-refractivity contribution in [2.24, 2.45) is 0 Å². The highest BCUT2D eigenvalue weighted by Crippen LogP contribution is 2.29. The van der Waals surface area contributed by atoms with Crippen LogP contribution < -0.4 is 4.74 Å². The molecule has 7 nitrogen and oxygen atoms in total. The molecule has 45 heavy (non-hydrogen) atoms. The molecular weight excluding hydrogens is 568 g/mol. The molecule has 4 rings (SSSR count). The molecule has 0 bridgehead atoms. The topological polar surface area (TPSA) is 99.1 Å². The quantitative estimate of drug-likeness (QED) is 0.0777. The van der Waals surface area contributed by atoms with Crippen molar-refractivity contribution in [3.8, 4) is 11.5 Å². The second kappa shape index (κ2) is 16.7. The summed E-state index contributed by atoms with van der Waals surface area (Å²) in [6, 6.07) is 30.5. The number of esters is 1. The van der Waals surface area contributed by atoms with Crippen molar-refractivity contribution >= 4 is 17.5 Å². The number of carbonyl (C=O) groups is 3. The van der Waals surface area contributed by atoms with Gasteiger partial charge in [-0.15, -0.1) is 0 Å². The van der Waals surface area contributed by atoms with Gasteiger partial charge in [-0.3, -0.25) is 9.59 Å². The summed E-state index contributed by atoms with van der Waals surface area (Å²) in [4.78, 5) is 35.8. The molecule has 0 aliphatic rings. The molecule has 0 spiro atoms. The van der Waals surface area contributed by atoms with Gasteiger partial charge < -0.3 is 19.3 Å². The molecule has 0 fully saturated rings. The number of phenolic OH excluding ortho intramolecular Hbond substituents is 1. The number of hydrogen-bond acceptors (Lipinski definition) is 7. The van der Waals surface area contributed by atoms with Gasteiger partial charge >= 0.3 is 5.97 Å². The van der Waals surface area contributed by atoms with Gasteiger partial charge in [-0.05, 0) is 54.3 Å². The molecule has 0 amide bonds. The summed E-state index contributed by atoms with van der Waals surface area (Å²) in [5, 5.41) is 10.3. The molecule has 1 N–H and O–H groups in total. The third kappa shape index (κ3) is 10.9. The first kappa shape index (κ1) is 34.5. The Morgan fingerprint density at radius 3 is 1.73 bits per heavy atom. The van der Waals surface area contributed by atoms with E-state index in [-0.39, 0.29) is 41.5 Å². The van der Waals surface area contributed by atoms with Crippen LogP contribution in [0.15, 0.2) is 115 Å². The SMILES string of the molecule is C=C(C)C(=O)OCCOCCOc1ccc(C(=O)c2ccc(C(C)(C)C)cc2O)cc1.O=C(c1ccccc1)c1ccccc1. The van der Waals surface area contributed by atoms with Crippen LogP contribution >= 0.6 is 0 Å². The van der Waals surface area contributed by atoms with Crippen molar-refractivity contribution in [2.75, 3.05) is 26.4 Å². The predicted molar refractivity (Wildman–Crippen MR) is 175 cm³/mol. The number of benzene rings is 4. The minimum atomic E-state index is -0.437. The average molecular weight is 609 g/mol. The van der Waals surface area contributed by atoms with Crippen LogP contribution in [-0.2, 0) is 19.7 Å². The number of phenols is 1. The first-order valence-electron chi connectivity index (χ1n) is 14.6. The summed E-state index contributed by atoms with van der Waals surface area (Å²) in [7, 11) is 0. The van der Waals surface area contributed by atoms with E-state index in [2.05, 4.69) is 6.58 Å². The highest BCUT2D eigenvalue weighted by atomic mass is 16.6. The lowest BCUT2D eigenvalue weighted by Gasteiger charge is -2.19. The van der Waals surface area contributed by atoms with E-state index in [1.54, 1.807) is 43.3 Å². The van der Waals surface area contributed by atoms with Crippen molar-refractivity contribution in [1.82, 2.24) is 0 Å². The minimum Gasteiger partial charge on any atom is -0.507 e. The van der Waals surface area contributed by atoms with Crippen LogP contribution in [-0.4, -0.2) is 49.1 Å². The van der Waals surface area contributed by atoms with Crippen molar-refractivity contribution in [1.29, 1.82) is 0 Å². The summed E-state index contributed by atoms with van der Waals surface area (Å²) in [5.41, 5.74) is 3.39. The third-order valence-corrected chi connectivity index (χ3v) is 6.60. The highest BCUT2D eigenvalue weighted by molar-refractivity contribution is 6.10. The maximum absolute atomic E-state index is 12.7. The second-order valence-corrected chi connectivity index (χ2v) is 11.3. The van der Waals surface area contributed by atoms with E-state index < -0.39 is 5.97 Å². The maximum Gasteiger partial charge on any atom is 0.333 e. The predicted octanol–water partition coefficient (Wildman–Crippen LogP) is 7.35. The van der Waals surface area contributed by atoms with Crippen molar-refractivity contribution in [2.45, 2.75) is 33.1 Å². The van der Waals surface area contributed by atoms with E-state index in [1.165, 1.54) is 0 Å². The molecular formula is C38H40O7. The summed E-state index contributed by atoms with van der Waals surface area (Å²) >= 11 is 0. The monoisotopic (exact) mass is 608 g/mol. The Morgan fingerprint density at radius 1 is 0.689 bits per heavy atom. The molecule has 0 saturated carbocycles. The zero-order valence-corrected chi connectivity index (χ0v) is 26.2. The van der Waals surface area contributed by atoms with Crippen molar-refractivity contribution in [3.05, 3.63) is 143 Å². The molecule has 234 valence electrons. The molecule has 0 radical (unpaired) electrons. The second-order valence-electron chi connectivity index (χ2n) is 11.3. The Balaban J connectivity index is 0.000000325. The fourth-order valence-electron chi connectivity index (χ4n) is 4.03. The van der Waals surface area contributed by atoms with Crippen LogP contribution in [0.5, 0.6) is 11.5 Å². The Hall–Kier alpha value is -5.01. The maximum atomic E-state index is 12.7. The third-order valence-electron chi connectivity index (χ3n) is 6.60. The first-order chi connectivity index (χ1) is 21.5. The van der Waals surface area contributed by atoms with E-state index in [4.69, 9.17) is 14.2 Å². The van der Waals surface area contributed by atoms with E-state index in [0.717, 1.165) is 16.7 Å². The molecule has 0 heterocycles. The Bertz CT molecular complexity index is 1530. The summed E-state index contributed by atoms with van der Waals surface area (Å²) in [6.07, 6.45) is 0. The number of ketones is 2. The largest absolute Gasteiger partial charge is 0.507 e. The molecule has 0 aromatic heterocycles. The molecule has 4 aromatic carbocycles.